The number of hydrogen-bond donors (Lipinski definition) is 1. The van der Waals surface area contributed by atoms with Crippen LogP contribution >= 0.6 is 0 Å². The molecule has 0 atom stereocenters. The van der Waals surface area contributed by atoms with Crippen molar-refractivity contribution < 1.29 is 4.79 Å². The molecule has 0 spiro atoms. The highest BCUT2D eigenvalue weighted by molar-refractivity contribution is 6.11. The van der Waals surface area contributed by atoms with Crippen molar-refractivity contribution in [3.05, 3.63) is 66.4 Å². The monoisotopic (exact) mass is 356 g/mol. The third-order valence-electron chi connectivity index (χ3n) is 5.36. The molecule has 0 bridgehead atoms. The number of benzene rings is 2. The van der Waals surface area contributed by atoms with Crippen LogP contribution in [-0.2, 0) is 0 Å². The summed E-state index contributed by atoms with van der Waals surface area (Å²) in [5.74, 6) is 0.990. The number of anilines is 2. The van der Waals surface area contributed by atoms with Crippen LogP contribution in [0.15, 0.2) is 60.8 Å². The van der Waals surface area contributed by atoms with Crippen molar-refractivity contribution in [1.82, 2.24) is 9.97 Å². The van der Waals surface area contributed by atoms with E-state index in [-0.39, 0.29) is 0 Å². The molecule has 0 unspecified atom stereocenters. The topological polar surface area (TPSA) is 52.2 Å². The first-order valence-electron chi connectivity index (χ1n) is 9.24. The zero-order chi connectivity index (χ0) is 18.2. The predicted octanol–water partition coefficient (Wildman–Crippen LogP) is 3.86. The van der Waals surface area contributed by atoms with Gasteiger partial charge in [-0.05, 0) is 36.4 Å². The largest absolute Gasteiger partial charge is 0.368 e. The van der Waals surface area contributed by atoms with Gasteiger partial charge in [0, 0.05) is 59.9 Å². The van der Waals surface area contributed by atoms with Gasteiger partial charge >= 0.3 is 0 Å². The smallest absolute Gasteiger partial charge is 0.153 e. The highest BCUT2D eigenvalue weighted by Gasteiger charge is 2.21. The van der Waals surface area contributed by atoms with Crippen LogP contribution in [0.1, 0.15) is 10.4 Å². The second-order valence-corrected chi connectivity index (χ2v) is 6.91. The number of carbonyl (C=O) groups excluding carboxylic acids is 1. The number of aromatic nitrogens is 2. The number of piperazine rings is 1. The van der Waals surface area contributed by atoms with Crippen LogP contribution < -0.4 is 9.80 Å². The van der Waals surface area contributed by atoms with Gasteiger partial charge in [-0.25, -0.2) is 4.98 Å². The zero-order valence-electron chi connectivity index (χ0n) is 14.9. The van der Waals surface area contributed by atoms with Gasteiger partial charge in [0.15, 0.2) is 5.82 Å². The van der Waals surface area contributed by atoms with E-state index in [0.29, 0.717) is 5.56 Å². The van der Waals surface area contributed by atoms with Crippen molar-refractivity contribution in [2.45, 2.75) is 0 Å². The molecular formula is C22H20N4O. The van der Waals surface area contributed by atoms with Gasteiger partial charge in [0.05, 0.1) is 5.52 Å². The summed E-state index contributed by atoms with van der Waals surface area (Å²) in [7, 11) is 0. The first kappa shape index (κ1) is 15.9. The number of para-hydroxylation sites is 1. The molecule has 1 aliphatic rings. The number of nitrogens with zero attached hydrogens (tertiary/aromatic N) is 3. The molecule has 1 fully saturated rings. The summed E-state index contributed by atoms with van der Waals surface area (Å²) in [6.45, 7) is 3.79. The fourth-order valence-corrected chi connectivity index (χ4v) is 3.96. The van der Waals surface area contributed by atoms with E-state index >= 15 is 0 Å². The van der Waals surface area contributed by atoms with Crippen LogP contribution in [0.25, 0.3) is 21.8 Å². The molecule has 2 aromatic heterocycles. The highest BCUT2D eigenvalue weighted by atomic mass is 16.1. The lowest BCUT2D eigenvalue weighted by molar-refractivity contribution is 0.112. The maximum absolute atomic E-state index is 11.1. The first-order valence-corrected chi connectivity index (χ1v) is 9.24. The SMILES string of the molecule is O=Cc1ccc2[nH]c3c(N4CCN(c5ccccc5)CC4)nccc3c2c1. The Balaban J connectivity index is 1.48. The van der Waals surface area contributed by atoms with E-state index < -0.39 is 0 Å². The number of H-pyrrole nitrogens is 1. The van der Waals surface area contributed by atoms with Crippen LogP contribution in [-0.4, -0.2) is 42.4 Å². The second kappa shape index (κ2) is 6.43. The van der Waals surface area contributed by atoms with Gasteiger partial charge in [0.2, 0.25) is 0 Å². The number of hydrogen-bond acceptors (Lipinski definition) is 4. The molecule has 3 heterocycles. The van der Waals surface area contributed by atoms with Crippen LogP contribution in [0.3, 0.4) is 0 Å². The second-order valence-electron chi connectivity index (χ2n) is 6.91. The molecule has 0 saturated carbocycles. The number of aldehydes is 1. The number of fused-ring (bicyclic) bond motifs is 3. The quantitative estimate of drug-likeness (QED) is 0.567. The molecule has 5 rings (SSSR count). The Bertz CT molecular complexity index is 1110. The van der Waals surface area contributed by atoms with Gasteiger partial charge in [-0.1, -0.05) is 18.2 Å². The number of carbonyl (C=O) groups is 1. The maximum Gasteiger partial charge on any atom is 0.153 e. The summed E-state index contributed by atoms with van der Waals surface area (Å²) in [5.41, 5.74) is 4.05. The van der Waals surface area contributed by atoms with E-state index in [4.69, 9.17) is 0 Å². The molecule has 0 aliphatic carbocycles. The Hall–Kier alpha value is -3.34. The fraction of sp³-hybridized carbons (Fsp3) is 0.182. The molecule has 0 radical (unpaired) electrons. The van der Waals surface area contributed by atoms with Crippen LogP contribution in [0.4, 0.5) is 11.5 Å². The Morgan fingerprint density at radius 2 is 1.67 bits per heavy atom. The fourth-order valence-electron chi connectivity index (χ4n) is 3.96. The van der Waals surface area contributed by atoms with E-state index in [9.17, 15) is 4.79 Å². The van der Waals surface area contributed by atoms with Crippen LogP contribution in [0, 0.1) is 0 Å². The van der Waals surface area contributed by atoms with E-state index in [1.54, 1.807) is 0 Å². The third kappa shape index (κ3) is 2.72. The molecule has 1 saturated heterocycles. The van der Waals surface area contributed by atoms with Gasteiger partial charge < -0.3 is 14.8 Å². The van der Waals surface area contributed by atoms with Gasteiger partial charge in [-0.15, -0.1) is 0 Å². The van der Waals surface area contributed by atoms with E-state index in [1.165, 1.54) is 5.69 Å². The van der Waals surface area contributed by atoms with Crippen molar-refractivity contribution in [2.75, 3.05) is 36.0 Å². The number of pyridine rings is 1. The molecule has 2 aromatic carbocycles. The molecule has 5 heteroatoms. The molecule has 4 aromatic rings. The highest BCUT2D eigenvalue weighted by Crippen LogP contribution is 2.31. The summed E-state index contributed by atoms with van der Waals surface area (Å²) < 4.78 is 0. The van der Waals surface area contributed by atoms with Crippen molar-refractivity contribution in [3.63, 3.8) is 0 Å². The summed E-state index contributed by atoms with van der Waals surface area (Å²) in [6, 6.07) is 18.3. The number of rotatable bonds is 3. The predicted molar refractivity (Wildman–Crippen MR) is 110 cm³/mol. The Kier molecular flexibility index (Phi) is 3.78. The lowest BCUT2D eigenvalue weighted by Crippen LogP contribution is -2.46. The lowest BCUT2D eigenvalue weighted by Gasteiger charge is -2.36. The molecular weight excluding hydrogens is 336 g/mol. The number of nitrogens with one attached hydrogen (secondary N) is 1. The minimum atomic E-state index is 0.693. The minimum Gasteiger partial charge on any atom is -0.368 e. The van der Waals surface area contributed by atoms with E-state index in [1.807, 2.05) is 30.5 Å². The normalized spacial score (nSPS) is 14.8. The van der Waals surface area contributed by atoms with Crippen LogP contribution in [0.5, 0.6) is 0 Å². The summed E-state index contributed by atoms with van der Waals surface area (Å²) in [4.78, 5) is 24.1. The number of aromatic amines is 1. The Morgan fingerprint density at radius 1 is 0.889 bits per heavy atom. The van der Waals surface area contributed by atoms with Gasteiger partial charge in [0.1, 0.15) is 6.29 Å². The molecule has 27 heavy (non-hydrogen) atoms. The lowest BCUT2D eigenvalue weighted by atomic mass is 10.1. The van der Waals surface area contributed by atoms with Crippen molar-refractivity contribution >= 4 is 39.6 Å². The van der Waals surface area contributed by atoms with Gasteiger partial charge in [0.25, 0.3) is 0 Å². The van der Waals surface area contributed by atoms with Crippen molar-refractivity contribution in [3.8, 4) is 0 Å². The van der Waals surface area contributed by atoms with Crippen molar-refractivity contribution in [2.24, 2.45) is 0 Å². The Morgan fingerprint density at radius 3 is 2.44 bits per heavy atom. The molecule has 1 N–H and O–H groups in total. The van der Waals surface area contributed by atoms with Crippen molar-refractivity contribution in [1.29, 1.82) is 0 Å². The van der Waals surface area contributed by atoms with Gasteiger partial charge in [-0.2, -0.15) is 0 Å². The van der Waals surface area contributed by atoms with Crippen LogP contribution in [0.2, 0.25) is 0 Å². The average molecular weight is 356 g/mol. The Labute approximate surface area is 157 Å². The molecule has 5 nitrogen and oxygen atoms in total. The summed E-state index contributed by atoms with van der Waals surface area (Å²) in [5, 5.41) is 2.19. The van der Waals surface area contributed by atoms with Gasteiger partial charge in [-0.3, -0.25) is 4.79 Å². The summed E-state index contributed by atoms with van der Waals surface area (Å²) >= 11 is 0. The molecule has 1 aliphatic heterocycles. The molecule has 134 valence electrons. The van der Waals surface area contributed by atoms with E-state index in [2.05, 4.69) is 50.1 Å². The average Bonchev–Trinajstić information content (AvgIpc) is 3.12. The van der Waals surface area contributed by atoms with E-state index in [0.717, 1.165) is 60.1 Å². The third-order valence-corrected chi connectivity index (χ3v) is 5.36. The summed E-state index contributed by atoms with van der Waals surface area (Å²) in [6.07, 6.45) is 2.76. The molecule has 0 amide bonds. The maximum atomic E-state index is 11.1. The standard InChI is InChI=1S/C22H20N4O/c27-15-16-6-7-20-19(14-16)18-8-9-23-22(21(18)24-20)26-12-10-25(11-13-26)17-4-2-1-3-5-17/h1-9,14-15,24H,10-13H2. The minimum absolute atomic E-state index is 0.693. The first-order chi connectivity index (χ1) is 13.3. The zero-order valence-corrected chi connectivity index (χ0v) is 14.9.